The number of hydrogen-bond donors (Lipinski definition) is 0. The lowest BCUT2D eigenvalue weighted by Gasteiger charge is -2.05. The summed E-state index contributed by atoms with van der Waals surface area (Å²) in [7, 11) is 0. The maximum absolute atomic E-state index is 5.46. The van der Waals surface area contributed by atoms with Crippen LogP contribution in [0.4, 0.5) is 0 Å². The highest BCUT2D eigenvalue weighted by Gasteiger charge is 1.93. The molecule has 2 heteroatoms. The molecule has 0 aliphatic rings. The van der Waals surface area contributed by atoms with Gasteiger partial charge in [0.15, 0.2) is 0 Å². The maximum atomic E-state index is 5.46. The van der Waals surface area contributed by atoms with Crippen LogP contribution in [0.3, 0.4) is 0 Å². The molecule has 0 radical (unpaired) electrons. The molecule has 0 aromatic carbocycles. The molecule has 0 spiro atoms. The Labute approximate surface area is 81.3 Å². The van der Waals surface area contributed by atoms with Crippen LogP contribution in [-0.4, -0.2) is 24.7 Å². The van der Waals surface area contributed by atoms with Crippen molar-refractivity contribution in [3.05, 3.63) is 0 Å². The van der Waals surface area contributed by atoms with Crippen LogP contribution >= 0.6 is 11.8 Å². The lowest BCUT2D eigenvalue weighted by molar-refractivity contribution is 0.111. The summed E-state index contributed by atoms with van der Waals surface area (Å²) < 4.78 is 5.46. The molecule has 0 saturated heterocycles. The second kappa shape index (κ2) is 9.40. The first-order chi connectivity index (χ1) is 5.77. The highest BCUT2D eigenvalue weighted by Crippen LogP contribution is 2.04. The van der Waals surface area contributed by atoms with Gasteiger partial charge in [-0.15, -0.1) is 0 Å². The van der Waals surface area contributed by atoms with E-state index in [1.165, 1.54) is 24.3 Å². The molecule has 1 nitrogen and oxygen atoms in total. The third-order valence-corrected chi connectivity index (χ3v) is 2.65. The summed E-state index contributed by atoms with van der Waals surface area (Å²) in [5, 5.41) is 0. The van der Waals surface area contributed by atoms with Crippen LogP contribution in [0.5, 0.6) is 0 Å². The Balaban J connectivity index is 2.82. The van der Waals surface area contributed by atoms with Crippen molar-refractivity contribution in [2.75, 3.05) is 24.7 Å². The zero-order valence-corrected chi connectivity index (χ0v) is 9.45. The Kier molecular flexibility index (Phi) is 9.64. The molecule has 0 aromatic heterocycles. The fourth-order valence-electron chi connectivity index (χ4n) is 0.828. The minimum atomic E-state index is 0.674. The summed E-state index contributed by atoms with van der Waals surface area (Å²) >= 11 is 2.03. The van der Waals surface area contributed by atoms with Crippen LogP contribution in [-0.2, 0) is 4.74 Å². The standard InChI is InChI=1S/C10H22OS/c1-4-7-12-8-5-6-11-9-10(2)3/h10H,4-9H2,1-3H3. The SMILES string of the molecule is CCCSCCCOCC(C)C. The van der Waals surface area contributed by atoms with Gasteiger partial charge in [0.2, 0.25) is 0 Å². The molecule has 0 N–H and O–H groups in total. The van der Waals surface area contributed by atoms with Crippen molar-refractivity contribution in [3.8, 4) is 0 Å². The Morgan fingerprint density at radius 3 is 2.58 bits per heavy atom. The third-order valence-electron chi connectivity index (χ3n) is 1.38. The van der Waals surface area contributed by atoms with Crippen LogP contribution in [0.1, 0.15) is 33.6 Å². The first kappa shape index (κ1) is 12.3. The molecule has 0 amide bonds. The Morgan fingerprint density at radius 2 is 2.00 bits per heavy atom. The third kappa shape index (κ3) is 10.3. The molecule has 0 aliphatic carbocycles. The number of hydrogen-bond acceptors (Lipinski definition) is 2. The number of rotatable bonds is 8. The van der Waals surface area contributed by atoms with E-state index < -0.39 is 0 Å². The largest absolute Gasteiger partial charge is 0.381 e. The minimum absolute atomic E-state index is 0.674. The van der Waals surface area contributed by atoms with E-state index in [-0.39, 0.29) is 0 Å². The monoisotopic (exact) mass is 190 g/mol. The van der Waals surface area contributed by atoms with Crippen molar-refractivity contribution in [2.24, 2.45) is 5.92 Å². The summed E-state index contributed by atoms with van der Waals surface area (Å²) in [6.07, 6.45) is 2.49. The molecule has 0 saturated carbocycles. The quantitative estimate of drug-likeness (QED) is 0.544. The number of thioether (sulfide) groups is 1. The summed E-state index contributed by atoms with van der Waals surface area (Å²) in [4.78, 5) is 0. The van der Waals surface area contributed by atoms with Gasteiger partial charge in [-0.2, -0.15) is 11.8 Å². The van der Waals surface area contributed by atoms with Crippen LogP contribution in [0.2, 0.25) is 0 Å². The molecular formula is C10H22OS. The average Bonchev–Trinajstić information content (AvgIpc) is 2.02. The van der Waals surface area contributed by atoms with Crippen molar-refractivity contribution >= 4 is 11.8 Å². The molecule has 0 heterocycles. The van der Waals surface area contributed by atoms with Crippen molar-refractivity contribution in [3.63, 3.8) is 0 Å². The fraction of sp³-hybridized carbons (Fsp3) is 1.00. The van der Waals surface area contributed by atoms with Gasteiger partial charge < -0.3 is 4.74 Å². The van der Waals surface area contributed by atoms with E-state index in [1.807, 2.05) is 11.8 Å². The molecule has 0 fully saturated rings. The summed E-state index contributed by atoms with van der Waals surface area (Å²) in [6.45, 7) is 8.45. The van der Waals surface area contributed by atoms with Gasteiger partial charge in [-0.3, -0.25) is 0 Å². The first-order valence-electron chi connectivity index (χ1n) is 4.92. The second-order valence-corrected chi connectivity index (χ2v) is 4.66. The highest BCUT2D eigenvalue weighted by atomic mass is 32.2. The van der Waals surface area contributed by atoms with E-state index in [0.29, 0.717) is 5.92 Å². The van der Waals surface area contributed by atoms with Crippen molar-refractivity contribution in [2.45, 2.75) is 33.6 Å². The topological polar surface area (TPSA) is 9.23 Å². The highest BCUT2D eigenvalue weighted by molar-refractivity contribution is 7.99. The zero-order valence-electron chi connectivity index (χ0n) is 8.64. The summed E-state index contributed by atoms with van der Waals surface area (Å²) in [5.41, 5.74) is 0. The van der Waals surface area contributed by atoms with Gasteiger partial charge in [0, 0.05) is 13.2 Å². The first-order valence-corrected chi connectivity index (χ1v) is 6.08. The predicted octanol–water partition coefficient (Wildman–Crippen LogP) is 3.19. The van der Waals surface area contributed by atoms with Crippen LogP contribution in [0, 0.1) is 5.92 Å². The average molecular weight is 190 g/mol. The van der Waals surface area contributed by atoms with E-state index >= 15 is 0 Å². The lowest BCUT2D eigenvalue weighted by Crippen LogP contribution is -2.03. The summed E-state index contributed by atoms with van der Waals surface area (Å²) in [6, 6.07) is 0. The minimum Gasteiger partial charge on any atom is -0.381 e. The Bertz CT molecular complexity index is 83.9. The van der Waals surface area contributed by atoms with Gasteiger partial charge in [-0.05, 0) is 30.3 Å². The lowest BCUT2D eigenvalue weighted by atomic mass is 10.2. The van der Waals surface area contributed by atoms with Gasteiger partial charge in [-0.25, -0.2) is 0 Å². The molecule has 0 bridgehead atoms. The van der Waals surface area contributed by atoms with Gasteiger partial charge in [0.1, 0.15) is 0 Å². The fourth-order valence-corrected chi connectivity index (χ4v) is 1.64. The van der Waals surface area contributed by atoms with Gasteiger partial charge >= 0.3 is 0 Å². The van der Waals surface area contributed by atoms with E-state index in [1.54, 1.807) is 0 Å². The second-order valence-electron chi connectivity index (χ2n) is 3.43. The van der Waals surface area contributed by atoms with Crippen LogP contribution < -0.4 is 0 Å². The van der Waals surface area contributed by atoms with E-state index in [4.69, 9.17) is 4.74 Å². The molecule has 74 valence electrons. The molecular weight excluding hydrogens is 168 g/mol. The number of ether oxygens (including phenoxy) is 1. The van der Waals surface area contributed by atoms with Gasteiger partial charge in [0.05, 0.1) is 0 Å². The van der Waals surface area contributed by atoms with Crippen molar-refractivity contribution < 1.29 is 4.74 Å². The van der Waals surface area contributed by atoms with Crippen molar-refractivity contribution in [1.82, 2.24) is 0 Å². The summed E-state index contributed by atoms with van der Waals surface area (Å²) in [5.74, 6) is 3.23. The molecule has 0 unspecified atom stereocenters. The van der Waals surface area contributed by atoms with E-state index in [2.05, 4.69) is 20.8 Å². The van der Waals surface area contributed by atoms with Crippen LogP contribution in [0.15, 0.2) is 0 Å². The smallest absolute Gasteiger partial charge is 0.0488 e. The van der Waals surface area contributed by atoms with Gasteiger partial charge in [-0.1, -0.05) is 20.8 Å². The molecule has 12 heavy (non-hydrogen) atoms. The molecule has 0 rings (SSSR count). The predicted molar refractivity (Wildman–Crippen MR) is 57.9 cm³/mol. The van der Waals surface area contributed by atoms with Crippen LogP contribution in [0.25, 0.3) is 0 Å². The molecule has 0 atom stereocenters. The Hall–Kier alpha value is 0.310. The van der Waals surface area contributed by atoms with E-state index in [9.17, 15) is 0 Å². The van der Waals surface area contributed by atoms with Gasteiger partial charge in [0.25, 0.3) is 0 Å². The Morgan fingerprint density at radius 1 is 1.25 bits per heavy atom. The van der Waals surface area contributed by atoms with E-state index in [0.717, 1.165) is 13.2 Å². The normalized spacial score (nSPS) is 11.0. The van der Waals surface area contributed by atoms with Crippen molar-refractivity contribution in [1.29, 1.82) is 0 Å². The zero-order chi connectivity index (χ0) is 9.23. The molecule has 0 aromatic rings. The molecule has 0 aliphatic heterocycles. The maximum Gasteiger partial charge on any atom is 0.0488 e.